The molecule has 0 aliphatic heterocycles. The minimum Gasteiger partial charge on any atom is -0.394 e. The second-order valence-electron chi connectivity index (χ2n) is 4.59. The summed E-state index contributed by atoms with van der Waals surface area (Å²) in [5, 5.41) is 12.6. The van der Waals surface area contributed by atoms with Gasteiger partial charge in [-0.1, -0.05) is 13.0 Å². The quantitative estimate of drug-likeness (QED) is 0.793. The number of rotatable bonds is 6. The van der Waals surface area contributed by atoms with Gasteiger partial charge in [-0.15, -0.1) is 0 Å². The van der Waals surface area contributed by atoms with Crippen LogP contribution >= 0.6 is 0 Å². The van der Waals surface area contributed by atoms with Crippen molar-refractivity contribution < 1.29 is 9.50 Å². The van der Waals surface area contributed by atoms with E-state index in [-0.39, 0.29) is 18.0 Å². The second kappa shape index (κ2) is 5.98. The van der Waals surface area contributed by atoms with Gasteiger partial charge in [-0.25, -0.2) is 4.39 Å². The molecule has 0 bridgehead atoms. The van der Waals surface area contributed by atoms with Crippen molar-refractivity contribution in [2.45, 2.75) is 19.4 Å². The minimum atomic E-state index is -0.379. The third-order valence-corrected chi connectivity index (χ3v) is 2.79. The van der Waals surface area contributed by atoms with Gasteiger partial charge in [0.05, 0.1) is 12.1 Å². The molecular formula is C13H21FN2O. The van der Waals surface area contributed by atoms with Gasteiger partial charge in [0.25, 0.3) is 0 Å². The molecule has 0 aromatic heterocycles. The Labute approximate surface area is 102 Å². The van der Waals surface area contributed by atoms with E-state index in [0.29, 0.717) is 6.54 Å². The maximum atomic E-state index is 13.1. The largest absolute Gasteiger partial charge is 0.394 e. The predicted octanol–water partition coefficient (Wildman–Crippen LogP) is 1.62. The van der Waals surface area contributed by atoms with Gasteiger partial charge in [0.2, 0.25) is 0 Å². The van der Waals surface area contributed by atoms with Crippen LogP contribution in [0.25, 0.3) is 0 Å². The van der Waals surface area contributed by atoms with Gasteiger partial charge in [-0.05, 0) is 31.7 Å². The molecule has 0 amide bonds. The van der Waals surface area contributed by atoms with Crippen molar-refractivity contribution in [2.75, 3.05) is 31.6 Å². The van der Waals surface area contributed by atoms with Gasteiger partial charge in [-0.2, -0.15) is 0 Å². The molecule has 0 aliphatic rings. The Kier molecular flexibility index (Phi) is 4.90. The van der Waals surface area contributed by atoms with Gasteiger partial charge in [0.15, 0.2) is 0 Å². The van der Waals surface area contributed by atoms with Crippen LogP contribution in [-0.2, 0) is 0 Å². The number of aliphatic hydroxyl groups is 1. The maximum Gasteiger partial charge on any atom is 0.125 e. The molecule has 0 saturated carbocycles. The highest BCUT2D eigenvalue weighted by molar-refractivity contribution is 5.46. The molecule has 1 aromatic rings. The number of nitrogens with one attached hydrogen (secondary N) is 1. The molecule has 17 heavy (non-hydrogen) atoms. The lowest BCUT2D eigenvalue weighted by Crippen LogP contribution is -2.53. The molecule has 1 atom stereocenters. The summed E-state index contributed by atoms with van der Waals surface area (Å²) in [5.74, 6) is -0.247. The number of hydrogen-bond donors (Lipinski definition) is 2. The fourth-order valence-corrected chi connectivity index (χ4v) is 1.92. The lowest BCUT2D eigenvalue weighted by Gasteiger charge is -2.34. The van der Waals surface area contributed by atoms with E-state index in [1.165, 1.54) is 12.1 Å². The van der Waals surface area contributed by atoms with Crippen LogP contribution in [0.15, 0.2) is 24.3 Å². The third kappa shape index (κ3) is 3.98. The van der Waals surface area contributed by atoms with Gasteiger partial charge < -0.3 is 15.3 Å². The van der Waals surface area contributed by atoms with E-state index < -0.39 is 0 Å². The third-order valence-electron chi connectivity index (χ3n) is 2.79. The van der Waals surface area contributed by atoms with Crippen LogP contribution in [0.3, 0.4) is 0 Å². The zero-order valence-corrected chi connectivity index (χ0v) is 10.7. The summed E-state index contributed by atoms with van der Waals surface area (Å²) in [4.78, 5) is 1.93. The van der Waals surface area contributed by atoms with Crippen molar-refractivity contribution in [1.82, 2.24) is 5.32 Å². The Balaban J connectivity index is 2.73. The first kappa shape index (κ1) is 13.9. The van der Waals surface area contributed by atoms with E-state index >= 15 is 0 Å². The first-order chi connectivity index (χ1) is 8.00. The highest BCUT2D eigenvalue weighted by Crippen LogP contribution is 2.16. The Morgan fingerprint density at radius 3 is 2.71 bits per heavy atom. The summed E-state index contributed by atoms with van der Waals surface area (Å²) in [6.07, 6.45) is 0. The summed E-state index contributed by atoms with van der Waals surface area (Å²) < 4.78 is 13.1. The number of nitrogens with zero attached hydrogens (tertiary/aromatic N) is 1. The van der Waals surface area contributed by atoms with Crippen LogP contribution in [0.4, 0.5) is 10.1 Å². The molecule has 0 fully saturated rings. The normalized spacial score (nSPS) is 14.4. The molecule has 1 rings (SSSR count). The molecule has 2 N–H and O–H groups in total. The molecule has 0 heterocycles. The summed E-state index contributed by atoms with van der Waals surface area (Å²) in [6, 6.07) is 6.45. The van der Waals surface area contributed by atoms with Gasteiger partial charge in [0.1, 0.15) is 5.82 Å². The topological polar surface area (TPSA) is 35.5 Å². The standard InChI is InChI=1S/C13H21FN2O/c1-4-15-13(2,10-17)9-16(3)12-7-5-6-11(14)8-12/h5-8,15,17H,4,9-10H2,1-3H3. The van der Waals surface area contributed by atoms with Crippen LogP contribution in [0, 0.1) is 5.82 Å². The molecule has 4 heteroatoms. The molecule has 0 saturated heterocycles. The van der Waals surface area contributed by atoms with Crippen molar-refractivity contribution in [3.63, 3.8) is 0 Å². The molecule has 1 unspecified atom stereocenters. The number of benzene rings is 1. The monoisotopic (exact) mass is 240 g/mol. The van der Waals surface area contributed by atoms with Crippen molar-refractivity contribution in [3.8, 4) is 0 Å². The number of hydrogen-bond acceptors (Lipinski definition) is 3. The average Bonchev–Trinajstić information content (AvgIpc) is 2.29. The van der Waals surface area contributed by atoms with E-state index in [2.05, 4.69) is 5.32 Å². The van der Waals surface area contributed by atoms with Crippen molar-refractivity contribution in [3.05, 3.63) is 30.1 Å². The molecular weight excluding hydrogens is 219 g/mol. The zero-order valence-electron chi connectivity index (χ0n) is 10.7. The van der Waals surface area contributed by atoms with E-state index in [4.69, 9.17) is 0 Å². The van der Waals surface area contributed by atoms with Crippen LogP contribution in [-0.4, -0.2) is 37.4 Å². The lowest BCUT2D eigenvalue weighted by molar-refractivity contribution is 0.181. The van der Waals surface area contributed by atoms with Crippen LogP contribution in [0.2, 0.25) is 0 Å². The predicted molar refractivity (Wildman–Crippen MR) is 68.8 cm³/mol. The summed E-state index contributed by atoms with van der Waals surface area (Å²) in [7, 11) is 1.89. The fourth-order valence-electron chi connectivity index (χ4n) is 1.92. The highest BCUT2D eigenvalue weighted by atomic mass is 19.1. The van der Waals surface area contributed by atoms with Crippen LogP contribution in [0.1, 0.15) is 13.8 Å². The Hall–Kier alpha value is -1.13. The number of halogens is 1. The first-order valence-electron chi connectivity index (χ1n) is 5.83. The Bertz CT molecular complexity index is 359. The summed E-state index contributed by atoms with van der Waals surface area (Å²) in [6.45, 7) is 5.39. The van der Waals surface area contributed by atoms with Crippen LogP contribution in [0.5, 0.6) is 0 Å². The number of anilines is 1. The summed E-state index contributed by atoms with van der Waals surface area (Å²) >= 11 is 0. The van der Waals surface area contributed by atoms with E-state index in [1.807, 2.05) is 31.9 Å². The number of aliphatic hydroxyl groups excluding tert-OH is 1. The van der Waals surface area contributed by atoms with Gasteiger partial charge >= 0.3 is 0 Å². The van der Waals surface area contributed by atoms with Gasteiger partial charge in [0, 0.05) is 19.3 Å². The van der Waals surface area contributed by atoms with E-state index in [9.17, 15) is 9.50 Å². The molecule has 0 aliphatic carbocycles. The Morgan fingerprint density at radius 2 is 2.18 bits per heavy atom. The molecule has 3 nitrogen and oxygen atoms in total. The fraction of sp³-hybridized carbons (Fsp3) is 0.538. The van der Waals surface area contributed by atoms with Crippen molar-refractivity contribution >= 4 is 5.69 Å². The van der Waals surface area contributed by atoms with E-state index in [1.54, 1.807) is 6.07 Å². The smallest absolute Gasteiger partial charge is 0.125 e. The molecule has 0 radical (unpaired) electrons. The Morgan fingerprint density at radius 1 is 1.47 bits per heavy atom. The second-order valence-corrected chi connectivity index (χ2v) is 4.59. The maximum absolute atomic E-state index is 13.1. The molecule has 96 valence electrons. The number of likely N-dealkylation sites (N-methyl/N-ethyl adjacent to an activating group) is 2. The van der Waals surface area contributed by atoms with Crippen molar-refractivity contribution in [1.29, 1.82) is 0 Å². The molecule has 1 aromatic carbocycles. The average molecular weight is 240 g/mol. The van der Waals surface area contributed by atoms with Gasteiger partial charge in [-0.3, -0.25) is 0 Å². The summed E-state index contributed by atoms with van der Waals surface area (Å²) in [5.41, 5.74) is 0.429. The van der Waals surface area contributed by atoms with Crippen LogP contribution < -0.4 is 10.2 Å². The molecule has 0 spiro atoms. The highest BCUT2D eigenvalue weighted by Gasteiger charge is 2.24. The lowest BCUT2D eigenvalue weighted by atomic mass is 10.0. The zero-order chi connectivity index (χ0) is 12.9. The minimum absolute atomic E-state index is 0.0422. The SMILES string of the molecule is CCNC(C)(CO)CN(C)c1cccc(F)c1. The van der Waals surface area contributed by atoms with Crippen molar-refractivity contribution in [2.24, 2.45) is 0 Å². The van der Waals surface area contributed by atoms with E-state index in [0.717, 1.165) is 12.2 Å². The first-order valence-corrected chi connectivity index (χ1v) is 5.83.